The van der Waals surface area contributed by atoms with E-state index in [0.717, 1.165) is 17.8 Å². The van der Waals surface area contributed by atoms with E-state index in [9.17, 15) is 0 Å². The Morgan fingerprint density at radius 1 is 1.33 bits per heavy atom. The summed E-state index contributed by atoms with van der Waals surface area (Å²) in [6.07, 6.45) is 8.69. The summed E-state index contributed by atoms with van der Waals surface area (Å²) in [5.41, 5.74) is 0. The standard InChI is InChI=1S/C11H19Br/c1-9(2)11(8-12)7-10-5-3-4-6-10/h3-4,9-11H,5-8H2,1-2H3. The first kappa shape index (κ1) is 10.3. The van der Waals surface area contributed by atoms with Crippen LogP contribution >= 0.6 is 15.9 Å². The smallest absolute Gasteiger partial charge is 0.00622 e. The van der Waals surface area contributed by atoms with E-state index in [-0.39, 0.29) is 0 Å². The van der Waals surface area contributed by atoms with Gasteiger partial charge in [-0.2, -0.15) is 0 Å². The van der Waals surface area contributed by atoms with Crippen molar-refractivity contribution < 1.29 is 0 Å². The molecule has 1 aliphatic rings. The fraction of sp³-hybridized carbons (Fsp3) is 0.818. The first-order chi connectivity index (χ1) is 5.74. The van der Waals surface area contributed by atoms with Gasteiger partial charge in [-0.1, -0.05) is 41.9 Å². The third kappa shape index (κ3) is 2.93. The Balaban J connectivity index is 2.27. The first-order valence-electron chi connectivity index (χ1n) is 4.95. The van der Waals surface area contributed by atoms with Gasteiger partial charge in [0.2, 0.25) is 0 Å². The molecule has 1 atom stereocenters. The monoisotopic (exact) mass is 230 g/mol. The van der Waals surface area contributed by atoms with Gasteiger partial charge in [-0.15, -0.1) is 0 Å². The maximum atomic E-state index is 3.60. The minimum absolute atomic E-state index is 0.824. The van der Waals surface area contributed by atoms with Gasteiger partial charge in [0.1, 0.15) is 0 Å². The molecule has 0 aromatic rings. The fourth-order valence-electron chi connectivity index (χ4n) is 1.81. The summed E-state index contributed by atoms with van der Waals surface area (Å²) in [7, 11) is 0. The minimum atomic E-state index is 0.824. The average molecular weight is 231 g/mol. The van der Waals surface area contributed by atoms with Crippen molar-refractivity contribution in [3.63, 3.8) is 0 Å². The second kappa shape index (κ2) is 5.06. The molecular weight excluding hydrogens is 212 g/mol. The molecule has 0 heterocycles. The zero-order chi connectivity index (χ0) is 8.97. The highest BCUT2D eigenvalue weighted by molar-refractivity contribution is 9.09. The molecule has 1 aliphatic carbocycles. The third-order valence-electron chi connectivity index (χ3n) is 2.88. The largest absolute Gasteiger partial charge is 0.0925 e. The summed E-state index contributed by atoms with van der Waals surface area (Å²) in [6, 6.07) is 0. The molecule has 0 spiro atoms. The lowest BCUT2D eigenvalue weighted by atomic mass is 9.87. The lowest BCUT2D eigenvalue weighted by Crippen LogP contribution is -2.14. The van der Waals surface area contributed by atoms with Crippen LogP contribution in [0.15, 0.2) is 12.2 Å². The van der Waals surface area contributed by atoms with Crippen LogP contribution in [-0.2, 0) is 0 Å². The van der Waals surface area contributed by atoms with Crippen molar-refractivity contribution in [2.24, 2.45) is 17.8 Å². The maximum Gasteiger partial charge on any atom is 0.00622 e. The molecule has 0 aliphatic heterocycles. The molecule has 0 N–H and O–H groups in total. The van der Waals surface area contributed by atoms with Gasteiger partial charge in [0, 0.05) is 5.33 Å². The van der Waals surface area contributed by atoms with Crippen LogP contribution in [0.2, 0.25) is 0 Å². The van der Waals surface area contributed by atoms with Crippen LogP contribution in [0, 0.1) is 17.8 Å². The van der Waals surface area contributed by atoms with Crippen molar-refractivity contribution in [3.05, 3.63) is 12.2 Å². The highest BCUT2D eigenvalue weighted by Gasteiger charge is 2.18. The molecule has 0 saturated carbocycles. The fourth-order valence-corrected chi connectivity index (χ4v) is 2.82. The molecule has 1 heteroatoms. The van der Waals surface area contributed by atoms with Crippen molar-refractivity contribution >= 4 is 15.9 Å². The van der Waals surface area contributed by atoms with Gasteiger partial charge in [-0.05, 0) is 37.0 Å². The number of hydrogen-bond acceptors (Lipinski definition) is 0. The van der Waals surface area contributed by atoms with E-state index in [4.69, 9.17) is 0 Å². The van der Waals surface area contributed by atoms with Crippen LogP contribution < -0.4 is 0 Å². The zero-order valence-electron chi connectivity index (χ0n) is 8.09. The lowest BCUT2D eigenvalue weighted by molar-refractivity contribution is 0.334. The summed E-state index contributed by atoms with van der Waals surface area (Å²) in [5, 5.41) is 1.17. The van der Waals surface area contributed by atoms with Crippen molar-refractivity contribution in [2.75, 3.05) is 5.33 Å². The van der Waals surface area contributed by atoms with Crippen molar-refractivity contribution in [1.29, 1.82) is 0 Å². The molecule has 0 aromatic carbocycles. The summed E-state index contributed by atoms with van der Waals surface area (Å²) in [6.45, 7) is 4.66. The van der Waals surface area contributed by atoms with E-state index in [1.807, 2.05) is 0 Å². The van der Waals surface area contributed by atoms with Gasteiger partial charge in [-0.25, -0.2) is 0 Å². The van der Waals surface area contributed by atoms with Gasteiger partial charge >= 0.3 is 0 Å². The van der Waals surface area contributed by atoms with E-state index in [0.29, 0.717) is 0 Å². The zero-order valence-corrected chi connectivity index (χ0v) is 9.68. The van der Waals surface area contributed by atoms with Crippen molar-refractivity contribution in [1.82, 2.24) is 0 Å². The van der Waals surface area contributed by atoms with E-state index in [1.165, 1.54) is 24.6 Å². The molecule has 0 amide bonds. The number of hydrogen-bond donors (Lipinski definition) is 0. The molecule has 0 radical (unpaired) electrons. The maximum absolute atomic E-state index is 3.60. The molecule has 0 saturated heterocycles. The van der Waals surface area contributed by atoms with E-state index < -0.39 is 0 Å². The second-order valence-corrected chi connectivity index (χ2v) is 4.85. The van der Waals surface area contributed by atoms with Crippen LogP contribution in [0.5, 0.6) is 0 Å². The molecule has 0 nitrogen and oxygen atoms in total. The predicted molar refractivity (Wildman–Crippen MR) is 58.6 cm³/mol. The summed E-state index contributed by atoms with van der Waals surface area (Å²) in [5.74, 6) is 2.63. The third-order valence-corrected chi connectivity index (χ3v) is 3.71. The van der Waals surface area contributed by atoms with Crippen molar-refractivity contribution in [2.45, 2.75) is 33.1 Å². The topological polar surface area (TPSA) is 0 Å². The van der Waals surface area contributed by atoms with Crippen LogP contribution in [0.1, 0.15) is 33.1 Å². The highest BCUT2D eigenvalue weighted by Crippen LogP contribution is 2.29. The van der Waals surface area contributed by atoms with Crippen LogP contribution in [0.25, 0.3) is 0 Å². The molecule has 0 fully saturated rings. The Morgan fingerprint density at radius 2 is 1.92 bits per heavy atom. The van der Waals surface area contributed by atoms with E-state index in [1.54, 1.807) is 0 Å². The SMILES string of the molecule is CC(C)C(CBr)CC1CC=CC1. The Kier molecular flexibility index (Phi) is 4.34. The quantitative estimate of drug-likeness (QED) is 0.506. The highest BCUT2D eigenvalue weighted by atomic mass is 79.9. The Hall–Kier alpha value is 0.220. The Bertz CT molecular complexity index is 141. The van der Waals surface area contributed by atoms with Crippen LogP contribution in [0.3, 0.4) is 0 Å². The van der Waals surface area contributed by atoms with Gasteiger partial charge in [-0.3, -0.25) is 0 Å². The molecule has 1 unspecified atom stereocenters. The first-order valence-corrected chi connectivity index (χ1v) is 6.07. The van der Waals surface area contributed by atoms with Crippen molar-refractivity contribution in [3.8, 4) is 0 Å². The molecular formula is C11H19Br. The molecule has 0 aromatic heterocycles. The van der Waals surface area contributed by atoms with Gasteiger partial charge in [0.05, 0.1) is 0 Å². The number of alkyl halides is 1. The minimum Gasteiger partial charge on any atom is -0.0925 e. The average Bonchev–Trinajstić information content (AvgIpc) is 2.51. The number of allylic oxidation sites excluding steroid dienone is 2. The normalized spacial score (nSPS) is 20.7. The summed E-state index contributed by atoms with van der Waals surface area (Å²) in [4.78, 5) is 0. The Morgan fingerprint density at radius 3 is 2.33 bits per heavy atom. The molecule has 70 valence electrons. The predicted octanol–water partition coefficient (Wildman–Crippen LogP) is 4.01. The molecule has 1 rings (SSSR count). The number of halogens is 1. The van der Waals surface area contributed by atoms with Crippen LogP contribution in [0.4, 0.5) is 0 Å². The van der Waals surface area contributed by atoms with Gasteiger partial charge in [0.15, 0.2) is 0 Å². The summed E-state index contributed by atoms with van der Waals surface area (Å²) >= 11 is 3.60. The molecule has 12 heavy (non-hydrogen) atoms. The second-order valence-electron chi connectivity index (χ2n) is 4.20. The van der Waals surface area contributed by atoms with Gasteiger partial charge in [0.25, 0.3) is 0 Å². The van der Waals surface area contributed by atoms with E-state index in [2.05, 4.69) is 41.9 Å². The summed E-state index contributed by atoms with van der Waals surface area (Å²) < 4.78 is 0. The number of rotatable bonds is 4. The Labute approximate surface area is 84.6 Å². The van der Waals surface area contributed by atoms with E-state index >= 15 is 0 Å². The molecule has 0 bridgehead atoms. The van der Waals surface area contributed by atoms with Gasteiger partial charge < -0.3 is 0 Å². The van der Waals surface area contributed by atoms with Crippen LogP contribution in [-0.4, -0.2) is 5.33 Å². The lowest BCUT2D eigenvalue weighted by Gasteiger charge is -2.21.